The zero-order chi connectivity index (χ0) is 16.8. The van der Waals surface area contributed by atoms with Crippen LogP contribution in [0.15, 0.2) is 31.1 Å². The quantitative estimate of drug-likeness (QED) is 0.601. The number of urea groups is 1. The first-order valence-electron chi connectivity index (χ1n) is 6.68. The van der Waals surface area contributed by atoms with Gasteiger partial charge in [-0.25, -0.2) is 19.1 Å². The van der Waals surface area contributed by atoms with E-state index < -0.39 is 24.5 Å². The molecule has 0 unspecified atom stereocenters. The van der Waals surface area contributed by atoms with Crippen LogP contribution in [0.2, 0.25) is 0 Å². The van der Waals surface area contributed by atoms with E-state index in [1.165, 1.54) is 16.8 Å². The van der Waals surface area contributed by atoms with Gasteiger partial charge in [-0.2, -0.15) is 5.10 Å². The molecule has 0 spiro atoms. The maximum Gasteiger partial charge on any atom is 0.344 e. The van der Waals surface area contributed by atoms with E-state index in [1.54, 1.807) is 19.2 Å². The highest BCUT2D eigenvalue weighted by Crippen LogP contribution is 2.13. The number of hydrogen-bond donors (Lipinski definition) is 2. The summed E-state index contributed by atoms with van der Waals surface area (Å²) in [6.07, 6.45) is 4.62. The Morgan fingerprint density at radius 1 is 1.43 bits per heavy atom. The minimum atomic E-state index is -0.748. The predicted octanol–water partition coefficient (Wildman–Crippen LogP) is 0.206. The Bertz CT molecular complexity index is 768. The molecule has 0 aromatic carbocycles. The van der Waals surface area contributed by atoms with Gasteiger partial charge >= 0.3 is 12.0 Å². The van der Waals surface area contributed by atoms with Crippen LogP contribution in [-0.4, -0.2) is 45.7 Å². The van der Waals surface area contributed by atoms with E-state index in [0.717, 1.165) is 0 Å². The molecule has 3 amide bonds. The summed E-state index contributed by atoms with van der Waals surface area (Å²) in [4.78, 5) is 38.9. The molecule has 0 aliphatic carbocycles. The molecule has 9 nitrogen and oxygen atoms in total. The van der Waals surface area contributed by atoms with Gasteiger partial charge in [-0.3, -0.25) is 10.1 Å². The predicted molar refractivity (Wildman–Crippen MR) is 79.7 cm³/mol. The summed E-state index contributed by atoms with van der Waals surface area (Å²) in [7, 11) is 0. The Hall–Kier alpha value is -3.23. The molecule has 2 rings (SSSR count). The van der Waals surface area contributed by atoms with Crippen molar-refractivity contribution in [2.75, 3.05) is 13.2 Å². The van der Waals surface area contributed by atoms with E-state index in [4.69, 9.17) is 4.74 Å². The Morgan fingerprint density at radius 3 is 2.96 bits per heavy atom. The smallest absolute Gasteiger partial charge is 0.344 e. The van der Waals surface area contributed by atoms with Crippen molar-refractivity contribution in [3.63, 3.8) is 0 Å². The van der Waals surface area contributed by atoms with E-state index in [-0.39, 0.29) is 12.1 Å². The minimum absolute atomic E-state index is 0.175. The molecule has 0 saturated heterocycles. The Balaban J connectivity index is 1.96. The Morgan fingerprint density at radius 2 is 2.22 bits per heavy atom. The fourth-order valence-electron chi connectivity index (χ4n) is 1.81. The number of imide groups is 1. The highest BCUT2D eigenvalue weighted by Gasteiger charge is 2.20. The van der Waals surface area contributed by atoms with Crippen LogP contribution in [0.1, 0.15) is 16.1 Å². The maximum atomic E-state index is 12.1. The average molecular weight is 317 g/mol. The van der Waals surface area contributed by atoms with Gasteiger partial charge in [0.2, 0.25) is 0 Å². The van der Waals surface area contributed by atoms with E-state index in [1.807, 2.05) is 5.32 Å². The monoisotopic (exact) mass is 317 g/mol. The number of hydrogen-bond acceptors (Lipinski definition) is 6. The lowest BCUT2D eigenvalue weighted by Gasteiger charge is -2.06. The Kier molecular flexibility index (Phi) is 5.03. The summed E-state index contributed by atoms with van der Waals surface area (Å²) < 4.78 is 6.34. The third kappa shape index (κ3) is 3.90. The molecule has 23 heavy (non-hydrogen) atoms. The molecule has 0 fully saturated rings. The van der Waals surface area contributed by atoms with Crippen molar-refractivity contribution in [3.8, 4) is 0 Å². The van der Waals surface area contributed by atoms with Gasteiger partial charge in [-0.15, -0.1) is 6.58 Å². The van der Waals surface area contributed by atoms with Crippen molar-refractivity contribution < 1.29 is 19.1 Å². The number of ether oxygens (including phenoxy) is 1. The van der Waals surface area contributed by atoms with Crippen molar-refractivity contribution >= 4 is 23.6 Å². The molecule has 9 heteroatoms. The highest BCUT2D eigenvalue weighted by atomic mass is 16.5. The summed E-state index contributed by atoms with van der Waals surface area (Å²) in [5, 5.41) is 8.50. The van der Waals surface area contributed by atoms with Gasteiger partial charge in [0.1, 0.15) is 5.56 Å². The topological polar surface area (TPSA) is 115 Å². The van der Waals surface area contributed by atoms with E-state index >= 15 is 0 Å². The second-order valence-corrected chi connectivity index (χ2v) is 4.47. The van der Waals surface area contributed by atoms with Crippen LogP contribution < -0.4 is 10.6 Å². The number of aryl methyl sites for hydroxylation is 1. The molecule has 2 heterocycles. The number of nitrogens with zero attached hydrogens (tertiary/aromatic N) is 3. The normalized spacial score (nSPS) is 10.1. The summed E-state index contributed by atoms with van der Waals surface area (Å²) in [6, 6.07) is 0.976. The lowest BCUT2D eigenvalue weighted by atomic mass is 10.2. The summed E-state index contributed by atoms with van der Waals surface area (Å²) >= 11 is 0. The van der Waals surface area contributed by atoms with Crippen LogP contribution in [0.5, 0.6) is 0 Å². The molecular formula is C14H15N5O4. The summed E-state index contributed by atoms with van der Waals surface area (Å²) in [6.45, 7) is 4.68. The first-order valence-corrected chi connectivity index (χ1v) is 6.68. The fourth-order valence-corrected chi connectivity index (χ4v) is 1.81. The molecule has 0 radical (unpaired) electrons. The van der Waals surface area contributed by atoms with E-state index in [0.29, 0.717) is 11.3 Å². The number of fused-ring (bicyclic) bond motifs is 1. The van der Waals surface area contributed by atoms with Gasteiger partial charge in [-0.1, -0.05) is 6.08 Å². The average Bonchev–Trinajstić information content (AvgIpc) is 2.86. The van der Waals surface area contributed by atoms with Crippen LogP contribution in [-0.2, 0) is 9.53 Å². The van der Waals surface area contributed by atoms with Gasteiger partial charge in [0, 0.05) is 18.9 Å². The SMILES string of the molecule is C=CCNC(=O)NC(=O)COC(=O)c1c(C)nn2cccnc12. The van der Waals surface area contributed by atoms with Gasteiger partial charge in [0.15, 0.2) is 12.3 Å². The van der Waals surface area contributed by atoms with Crippen LogP contribution in [0.25, 0.3) is 5.65 Å². The van der Waals surface area contributed by atoms with Crippen molar-refractivity contribution in [3.05, 3.63) is 42.4 Å². The van der Waals surface area contributed by atoms with Gasteiger partial charge in [0.05, 0.1) is 5.69 Å². The van der Waals surface area contributed by atoms with Gasteiger partial charge < -0.3 is 10.1 Å². The number of amides is 3. The maximum absolute atomic E-state index is 12.1. The molecular weight excluding hydrogens is 302 g/mol. The number of nitrogens with one attached hydrogen (secondary N) is 2. The van der Waals surface area contributed by atoms with Crippen LogP contribution in [0, 0.1) is 6.92 Å². The number of rotatable bonds is 5. The molecule has 0 aliphatic heterocycles. The molecule has 120 valence electrons. The second-order valence-electron chi connectivity index (χ2n) is 4.47. The minimum Gasteiger partial charge on any atom is -0.452 e. The lowest BCUT2D eigenvalue weighted by Crippen LogP contribution is -2.41. The number of esters is 1. The molecule has 2 N–H and O–H groups in total. The Labute approximate surface area is 131 Å². The van der Waals surface area contributed by atoms with Crippen molar-refractivity contribution in [1.29, 1.82) is 0 Å². The summed E-state index contributed by atoms with van der Waals surface area (Å²) in [5.41, 5.74) is 0.937. The van der Waals surface area contributed by atoms with Gasteiger partial charge in [-0.05, 0) is 13.0 Å². The third-order valence-corrected chi connectivity index (χ3v) is 2.77. The molecule has 0 saturated carbocycles. The zero-order valence-corrected chi connectivity index (χ0v) is 12.4. The molecule has 0 atom stereocenters. The van der Waals surface area contributed by atoms with Crippen LogP contribution in [0.4, 0.5) is 4.79 Å². The fraction of sp³-hybridized carbons (Fsp3) is 0.214. The van der Waals surface area contributed by atoms with Crippen molar-refractivity contribution in [2.45, 2.75) is 6.92 Å². The first-order chi connectivity index (χ1) is 11.0. The van der Waals surface area contributed by atoms with E-state index in [2.05, 4.69) is 22.0 Å². The number of aromatic nitrogens is 3. The molecule has 0 aliphatic rings. The van der Waals surface area contributed by atoms with Gasteiger partial charge in [0.25, 0.3) is 5.91 Å². The molecule has 2 aromatic heterocycles. The lowest BCUT2D eigenvalue weighted by molar-refractivity contribution is -0.123. The highest BCUT2D eigenvalue weighted by molar-refractivity contribution is 5.99. The largest absolute Gasteiger partial charge is 0.452 e. The van der Waals surface area contributed by atoms with Crippen molar-refractivity contribution in [1.82, 2.24) is 25.2 Å². The van der Waals surface area contributed by atoms with E-state index in [9.17, 15) is 14.4 Å². The number of carbonyl (C=O) groups is 3. The molecule has 0 bridgehead atoms. The zero-order valence-electron chi connectivity index (χ0n) is 12.4. The van der Waals surface area contributed by atoms with Crippen molar-refractivity contribution in [2.24, 2.45) is 0 Å². The standard InChI is InChI=1S/C14H15N5O4/c1-3-5-16-14(22)17-10(20)8-23-13(21)11-9(2)18-19-7-4-6-15-12(11)19/h3-4,6-7H,1,5,8H2,2H3,(H2,16,17,20,22). The number of carbonyl (C=O) groups excluding carboxylic acids is 3. The molecule has 2 aromatic rings. The summed E-state index contributed by atoms with van der Waals surface area (Å²) in [5.74, 6) is -1.49. The van der Waals surface area contributed by atoms with Crippen LogP contribution >= 0.6 is 0 Å². The second kappa shape index (κ2) is 7.16. The first kappa shape index (κ1) is 16.1. The third-order valence-electron chi connectivity index (χ3n) is 2.77. The van der Waals surface area contributed by atoms with Crippen LogP contribution in [0.3, 0.4) is 0 Å².